The lowest BCUT2D eigenvalue weighted by Gasteiger charge is -2.27. The Morgan fingerprint density at radius 2 is 1.06 bits per heavy atom. The summed E-state index contributed by atoms with van der Waals surface area (Å²) in [7, 11) is 0. The number of benzene rings is 4. The SMILES string of the molecule is N#CC1(CCCN(Cc2ccccc2)Cc2ccccc2)c2ccccc2-c2ccccc21. The fourth-order valence-corrected chi connectivity index (χ4v) is 5.24. The summed E-state index contributed by atoms with van der Waals surface area (Å²) in [6.07, 6.45) is 1.77. The molecule has 0 bridgehead atoms. The van der Waals surface area contributed by atoms with Gasteiger partial charge < -0.3 is 0 Å². The Bertz CT molecular complexity index is 1170. The molecule has 0 aliphatic heterocycles. The van der Waals surface area contributed by atoms with Crippen LogP contribution in [0.4, 0.5) is 0 Å². The third-order valence-corrected chi connectivity index (χ3v) is 6.78. The predicted molar refractivity (Wildman–Crippen MR) is 135 cm³/mol. The maximum atomic E-state index is 10.5. The van der Waals surface area contributed by atoms with Gasteiger partial charge in [-0.15, -0.1) is 0 Å². The minimum absolute atomic E-state index is 0.571. The third-order valence-electron chi connectivity index (χ3n) is 6.78. The van der Waals surface area contributed by atoms with E-state index in [0.717, 1.165) is 43.6 Å². The summed E-state index contributed by atoms with van der Waals surface area (Å²) < 4.78 is 0. The van der Waals surface area contributed by atoms with E-state index in [-0.39, 0.29) is 0 Å². The second-order valence-electron chi connectivity index (χ2n) is 8.89. The standard InChI is InChI=1S/C31H28N2/c32-24-31(29-18-9-7-16-27(29)28-17-8-10-19-30(28)31)20-11-21-33(22-25-12-3-1-4-13-25)23-26-14-5-2-6-15-26/h1-10,12-19H,11,20-23H2. The van der Waals surface area contributed by atoms with E-state index in [1.54, 1.807) is 0 Å². The van der Waals surface area contributed by atoms with E-state index in [2.05, 4.69) is 120 Å². The summed E-state index contributed by atoms with van der Waals surface area (Å²) in [6, 6.07) is 40.9. The molecule has 2 nitrogen and oxygen atoms in total. The van der Waals surface area contributed by atoms with Gasteiger partial charge >= 0.3 is 0 Å². The molecule has 5 rings (SSSR count). The average Bonchev–Trinajstić information content (AvgIpc) is 3.16. The van der Waals surface area contributed by atoms with Gasteiger partial charge in [0.05, 0.1) is 6.07 Å². The summed E-state index contributed by atoms with van der Waals surface area (Å²) >= 11 is 0. The molecule has 33 heavy (non-hydrogen) atoms. The second-order valence-corrected chi connectivity index (χ2v) is 8.89. The lowest BCUT2D eigenvalue weighted by molar-refractivity contribution is 0.247. The van der Waals surface area contributed by atoms with E-state index >= 15 is 0 Å². The van der Waals surface area contributed by atoms with Crippen LogP contribution in [0.2, 0.25) is 0 Å². The van der Waals surface area contributed by atoms with Gasteiger partial charge in [-0.25, -0.2) is 0 Å². The zero-order valence-corrected chi connectivity index (χ0v) is 18.8. The Morgan fingerprint density at radius 1 is 0.606 bits per heavy atom. The lowest BCUT2D eigenvalue weighted by atomic mass is 9.76. The first-order valence-electron chi connectivity index (χ1n) is 11.7. The van der Waals surface area contributed by atoms with Gasteiger partial charge in [0.25, 0.3) is 0 Å². The van der Waals surface area contributed by atoms with Crippen LogP contribution in [0.1, 0.15) is 35.1 Å². The van der Waals surface area contributed by atoms with Gasteiger partial charge in [0.1, 0.15) is 5.41 Å². The molecule has 0 amide bonds. The van der Waals surface area contributed by atoms with Crippen LogP contribution in [0.25, 0.3) is 11.1 Å². The van der Waals surface area contributed by atoms with Crippen molar-refractivity contribution in [2.75, 3.05) is 6.54 Å². The number of hydrogen-bond donors (Lipinski definition) is 0. The Labute approximate surface area is 196 Å². The topological polar surface area (TPSA) is 27.0 Å². The van der Waals surface area contributed by atoms with Gasteiger partial charge in [0, 0.05) is 13.1 Å². The van der Waals surface area contributed by atoms with Crippen LogP contribution in [0, 0.1) is 11.3 Å². The van der Waals surface area contributed by atoms with Crippen LogP contribution in [0.15, 0.2) is 109 Å². The first-order chi connectivity index (χ1) is 16.3. The van der Waals surface area contributed by atoms with Gasteiger partial charge in [-0.1, -0.05) is 109 Å². The molecule has 0 saturated carbocycles. The summed E-state index contributed by atoms with van der Waals surface area (Å²) in [5.41, 5.74) is 6.80. The van der Waals surface area contributed by atoms with Crippen molar-refractivity contribution in [1.29, 1.82) is 5.26 Å². The number of fused-ring (bicyclic) bond motifs is 3. The first-order valence-corrected chi connectivity index (χ1v) is 11.7. The zero-order chi connectivity index (χ0) is 22.5. The molecule has 0 aromatic heterocycles. The average molecular weight is 429 g/mol. The van der Waals surface area contributed by atoms with Crippen LogP contribution < -0.4 is 0 Å². The van der Waals surface area contributed by atoms with Crippen LogP contribution in [0.3, 0.4) is 0 Å². The largest absolute Gasteiger partial charge is 0.295 e. The molecule has 2 heteroatoms. The van der Waals surface area contributed by atoms with E-state index in [1.165, 1.54) is 22.3 Å². The fraction of sp³-hybridized carbons (Fsp3) is 0.194. The Hall–Kier alpha value is -3.67. The van der Waals surface area contributed by atoms with Crippen molar-refractivity contribution in [2.24, 2.45) is 0 Å². The van der Waals surface area contributed by atoms with Crippen LogP contribution in [-0.4, -0.2) is 11.4 Å². The van der Waals surface area contributed by atoms with Gasteiger partial charge in [-0.2, -0.15) is 5.26 Å². The molecular formula is C31H28N2. The van der Waals surface area contributed by atoms with Crippen molar-refractivity contribution in [1.82, 2.24) is 4.90 Å². The van der Waals surface area contributed by atoms with Crippen LogP contribution >= 0.6 is 0 Å². The van der Waals surface area contributed by atoms with Crippen molar-refractivity contribution >= 4 is 0 Å². The van der Waals surface area contributed by atoms with Crippen molar-refractivity contribution in [2.45, 2.75) is 31.3 Å². The van der Waals surface area contributed by atoms with Crippen LogP contribution in [-0.2, 0) is 18.5 Å². The number of nitriles is 1. The van der Waals surface area contributed by atoms with E-state index in [4.69, 9.17) is 0 Å². The lowest BCUT2D eigenvalue weighted by Crippen LogP contribution is -2.28. The smallest absolute Gasteiger partial charge is 0.108 e. The van der Waals surface area contributed by atoms with Crippen molar-refractivity contribution in [3.63, 3.8) is 0 Å². The Balaban J connectivity index is 1.38. The molecule has 0 unspecified atom stereocenters. The van der Waals surface area contributed by atoms with Crippen LogP contribution in [0.5, 0.6) is 0 Å². The monoisotopic (exact) mass is 428 g/mol. The summed E-state index contributed by atoms with van der Waals surface area (Å²) in [4.78, 5) is 2.50. The predicted octanol–water partition coefficient (Wildman–Crippen LogP) is 6.96. The molecule has 0 fully saturated rings. The first kappa shape index (κ1) is 21.2. The molecule has 0 radical (unpaired) electrons. The van der Waals surface area contributed by atoms with Gasteiger partial charge in [0.2, 0.25) is 0 Å². The quantitative estimate of drug-likeness (QED) is 0.303. The molecule has 162 valence electrons. The molecule has 4 aromatic carbocycles. The third kappa shape index (κ3) is 4.21. The molecule has 0 heterocycles. The molecule has 0 saturated heterocycles. The minimum atomic E-state index is -0.571. The van der Waals surface area contributed by atoms with Crippen molar-refractivity contribution in [3.8, 4) is 17.2 Å². The van der Waals surface area contributed by atoms with Crippen molar-refractivity contribution < 1.29 is 0 Å². The maximum absolute atomic E-state index is 10.5. The van der Waals surface area contributed by atoms with Gasteiger partial charge in [-0.3, -0.25) is 4.90 Å². The summed E-state index contributed by atoms with van der Waals surface area (Å²) in [6.45, 7) is 2.75. The number of nitrogens with zero attached hydrogens (tertiary/aromatic N) is 2. The van der Waals surface area contributed by atoms with E-state index in [1.807, 2.05) is 0 Å². The Morgan fingerprint density at radius 3 is 1.55 bits per heavy atom. The molecule has 1 aliphatic rings. The number of rotatable bonds is 8. The minimum Gasteiger partial charge on any atom is -0.295 e. The van der Waals surface area contributed by atoms with E-state index in [9.17, 15) is 5.26 Å². The highest BCUT2D eigenvalue weighted by atomic mass is 15.1. The highest BCUT2D eigenvalue weighted by Gasteiger charge is 2.42. The second kappa shape index (κ2) is 9.45. The molecule has 0 atom stereocenters. The summed E-state index contributed by atoms with van der Waals surface area (Å²) in [5.74, 6) is 0. The normalized spacial score (nSPS) is 13.3. The number of hydrogen-bond acceptors (Lipinski definition) is 2. The van der Waals surface area contributed by atoms with Gasteiger partial charge in [-0.05, 0) is 52.8 Å². The molecule has 0 spiro atoms. The zero-order valence-electron chi connectivity index (χ0n) is 18.8. The fourth-order valence-electron chi connectivity index (χ4n) is 5.24. The molecular weight excluding hydrogens is 400 g/mol. The van der Waals surface area contributed by atoms with E-state index in [0.29, 0.717) is 0 Å². The highest BCUT2D eigenvalue weighted by molar-refractivity contribution is 5.82. The molecule has 0 N–H and O–H groups in total. The van der Waals surface area contributed by atoms with E-state index < -0.39 is 5.41 Å². The molecule has 4 aromatic rings. The maximum Gasteiger partial charge on any atom is 0.108 e. The Kier molecular flexibility index (Phi) is 6.07. The molecule has 1 aliphatic carbocycles. The highest BCUT2D eigenvalue weighted by Crippen LogP contribution is 2.50. The van der Waals surface area contributed by atoms with Gasteiger partial charge in [0.15, 0.2) is 0 Å². The summed E-state index contributed by atoms with van der Waals surface area (Å²) in [5, 5.41) is 10.5. The van der Waals surface area contributed by atoms with Crippen molar-refractivity contribution in [3.05, 3.63) is 131 Å².